The predicted molar refractivity (Wildman–Crippen MR) is 212 cm³/mol. The fourth-order valence-electron chi connectivity index (χ4n) is 9.67. The minimum absolute atomic E-state index is 0.0716. The van der Waals surface area contributed by atoms with Crippen molar-refractivity contribution in [3.63, 3.8) is 0 Å². The molecule has 0 N–H and O–H groups in total. The maximum absolute atomic E-state index is 7.65. The molecule has 0 amide bonds. The molecule has 4 nitrogen and oxygen atoms in total. The number of allylic oxidation sites excluding steroid dienone is 2. The third-order valence-corrected chi connectivity index (χ3v) is 18.9. The van der Waals surface area contributed by atoms with Gasteiger partial charge in [0, 0.05) is 41.9 Å². The van der Waals surface area contributed by atoms with Crippen molar-refractivity contribution in [2.45, 2.75) is 125 Å². The van der Waals surface area contributed by atoms with Crippen LogP contribution >= 0.6 is 8.22 Å². The number of nitrogens with zero attached hydrogens (tertiary/aromatic N) is 3. The van der Waals surface area contributed by atoms with E-state index in [1.54, 1.807) is 11.0 Å². The van der Waals surface area contributed by atoms with E-state index in [9.17, 15) is 0 Å². The quantitative estimate of drug-likeness (QED) is 0.120. The average molecular weight is 694 g/mol. The van der Waals surface area contributed by atoms with E-state index in [4.69, 9.17) is 4.43 Å². The van der Waals surface area contributed by atoms with Gasteiger partial charge in [0.1, 0.15) is 5.73 Å². The van der Waals surface area contributed by atoms with Crippen molar-refractivity contribution < 1.29 is 4.43 Å². The number of hydrogen-bond acceptors (Lipinski definition) is 4. The summed E-state index contributed by atoms with van der Waals surface area (Å²) in [7, 11) is -3.43. The van der Waals surface area contributed by atoms with Crippen molar-refractivity contribution in [3.8, 4) is 0 Å². The van der Waals surface area contributed by atoms with Crippen LogP contribution < -0.4 is 9.75 Å². The summed E-state index contributed by atoms with van der Waals surface area (Å²) in [6.07, 6.45) is 3.92. The first-order valence-corrected chi connectivity index (χ1v) is 22.4. The summed E-state index contributed by atoms with van der Waals surface area (Å²) in [6.45, 7) is 28.5. The summed E-state index contributed by atoms with van der Waals surface area (Å²) in [5.74, 6) is 2.03. The normalized spacial score (nSPS) is 26.1. The number of hydrogen-bond donors (Lipinski definition) is 0. The van der Waals surface area contributed by atoms with Crippen LogP contribution in [-0.4, -0.2) is 43.0 Å². The Morgan fingerprint density at radius 1 is 0.735 bits per heavy atom. The van der Waals surface area contributed by atoms with Gasteiger partial charge in [-0.05, 0) is 124 Å². The molecule has 3 aromatic carbocycles. The molecule has 2 saturated heterocycles. The highest BCUT2D eigenvalue weighted by Crippen LogP contribution is 2.69. The highest BCUT2D eigenvalue weighted by atomic mass is 31.1. The molecule has 3 aromatic rings. The van der Waals surface area contributed by atoms with Crippen LogP contribution in [0, 0.1) is 32.6 Å². The van der Waals surface area contributed by atoms with Gasteiger partial charge in [-0.25, -0.2) is 0 Å². The fraction of sp³-hybridized carbons (Fsp3) is 0.535. The molecule has 4 atom stereocenters. The zero-order valence-electron chi connectivity index (χ0n) is 32.0. The zero-order chi connectivity index (χ0) is 34.9. The second kappa shape index (κ2) is 13.4. The molecule has 2 aliphatic heterocycles. The maximum atomic E-state index is 7.65. The van der Waals surface area contributed by atoms with E-state index < -0.39 is 16.7 Å². The molecule has 1 saturated carbocycles. The van der Waals surface area contributed by atoms with E-state index in [1.807, 2.05) is 0 Å². The van der Waals surface area contributed by atoms with Crippen LogP contribution in [0.4, 0.5) is 5.69 Å². The first kappa shape index (κ1) is 35.1. The summed E-state index contributed by atoms with van der Waals surface area (Å²) in [6, 6.07) is 24.5. The summed E-state index contributed by atoms with van der Waals surface area (Å²) in [5.41, 5.74) is 11.6. The van der Waals surface area contributed by atoms with Crippen LogP contribution in [0.15, 0.2) is 71.7 Å². The molecule has 6 heteroatoms. The third-order valence-electron chi connectivity index (χ3n) is 11.8. The van der Waals surface area contributed by atoms with Crippen molar-refractivity contribution in [1.82, 2.24) is 9.34 Å². The number of para-hydroxylation sites is 1. The van der Waals surface area contributed by atoms with Crippen LogP contribution in [0.1, 0.15) is 126 Å². The van der Waals surface area contributed by atoms with Gasteiger partial charge in [-0.15, -0.1) is 0 Å². The van der Waals surface area contributed by atoms with E-state index in [1.165, 1.54) is 63.5 Å². The van der Waals surface area contributed by atoms with Gasteiger partial charge < -0.3 is 8.99 Å². The maximum Gasteiger partial charge on any atom is 0.372 e. The number of rotatable bonds is 10. The van der Waals surface area contributed by atoms with Crippen molar-refractivity contribution >= 4 is 27.6 Å². The minimum Gasteiger partial charge on any atom is -0.384 e. The number of aryl methyl sites for hydroxylation is 3. The van der Waals surface area contributed by atoms with Crippen molar-refractivity contribution in [3.05, 3.63) is 105 Å². The molecule has 0 radical (unpaired) electrons. The van der Waals surface area contributed by atoms with Crippen LogP contribution in [0.5, 0.6) is 0 Å². The monoisotopic (exact) mass is 693 g/mol. The smallest absolute Gasteiger partial charge is 0.372 e. The fourth-order valence-corrected chi connectivity index (χ4v) is 17.6. The first-order valence-electron chi connectivity index (χ1n) is 19.2. The average Bonchev–Trinajstić information content (AvgIpc) is 3.37. The molecular formula is C43H60N3OPSi. The van der Waals surface area contributed by atoms with E-state index in [-0.39, 0.29) is 5.73 Å². The number of benzene rings is 3. The SMILES string of the molecule is Cc1cc(C)c(C2O[Si]2(c2ccccc2)N(C2=C(P3N(C(C)C)CCN3C(C)C)[C@H]3CC[C@@H]2C3)c2c(C(C)C)cccc2C(C)C)c(C)c1. The van der Waals surface area contributed by atoms with E-state index >= 15 is 0 Å². The molecule has 7 rings (SSSR count). The van der Waals surface area contributed by atoms with Gasteiger partial charge in [-0.3, -0.25) is 9.34 Å². The molecule has 4 aliphatic rings. The topological polar surface area (TPSA) is 22.2 Å². The van der Waals surface area contributed by atoms with Crippen LogP contribution in [-0.2, 0) is 4.43 Å². The molecule has 262 valence electrons. The van der Waals surface area contributed by atoms with Gasteiger partial charge in [0.2, 0.25) is 0 Å². The van der Waals surface area contributed by atoms with Gasteiger partial charge in [0.15, 0.2) is 0 Å². The first-order chi connectivity index (χ1) is 23.4. The van der Waals surface area contributed by atoms with Gasteiger partial charge in [0.05, 0.1) is 8.22 Å². The molecule has 49 heavy (non-hydrogen) atoms. The van der Waals surface area contributed by atoms with E-state index in [0.717, 1.165) is 13.1 Å². The van der Waals surface area contributed by atoms with E-state index in [2.05, 4.69) is 151 Å². The van der Waals surface area contributed by atoms with E-state index in [0.29, 0.717) is 35.8 Å². The van der Waals surface area contributed by atoms with Gasteiger partial charge in [-0.2, -0.15) is 0 Å². The molecule has 2 heterocycles. The van der Waals surface area contributed by atoms with Crippen LogP contribution in [0.3, 0.4) is 0 Å². The molecule has 3 fully saturated rings. The highest BCUT2D eigenvalue weighted by molar-refractivity contribution is 7.57. The molecule has 2 bridgehead atoms. The lowest BCUT2D eigenvalue weighted by Crippen LogP contribution is -2.55. The lowest BCUT2D eigenvalue weighted by atomic mass is 9.91. The molecule has 2 unspecified atom stereocenters. The summed E-state index contributed by atoms with van der Waals surface area (Å²) < 4.78 is 16.4. The Hall–Kier alpha value is -2.27. The standard InChI is InChI=1S/C43H60N3OPSi/c1-27(2)37-18-15-19-38(28(3)4)41(37)46(40-34-20-21-35(26-34)42(40)48-44(29(5)6)22-23-45(48)30(7)8)49(36-16-13-12-14-17-36)43(47-49)39-32(10)24-31(9)25-33(39)11/h12-19,24-25,27-30,34-35,43H,20-23,26H2,1-11H3/t34-,35+,43?,49?/m1/s1. The Morgan fingerprint density at radius 2 is 1.29 bits per heavy atom. The number of anilines is 1. The third kappa shape index (κ3) is 5.80. The minimum atomic E-state index is -2.85. The number of fused-ring (bicyclic) bond motifs is 2. The molecule has 2 aliphatic carbocycles. The largest absolute Gasteiger partial charge is 0.384 e. The molecule has 0 aromatic heterocycles. The molecular weight excluding hydrogens is 634 g/mol. The Kier molecular flexibility index (Phi) is 9.59. The van der Waals surface area contributed by atoms with Crippen molar-refractivity contribution in [2.24, 2.45) is 11.8 Å². The Bertz CT molecular complexity index is 1670. The Morgan fingerprint density at radius 3 is 1.82 bits per heavy atom. The van der Waals surface area contributed by atoms with Crippen molar-refractivity contribution in [2.75, 3.05) is 17.7 Å². The Labute approximate surface area is 300 Å². The predicted octanol–water partition coefficient (Wildman–Crippen LogP) is 10.7. The summed E-state index contributed by atoms with van der Waals surface area (Å²) >= 11 is 0. The summed E-state index contributed by atoms with van der Waals surface area (Å²) in [4.78, 5) is 0. The van der Waals surface area contributed by atoms with Crippen LogP contribution in [0.25, 0.3) is 0 Å². The second-order valence-electron chi connectivity index (χ2n) is 16.6. The second-order valence-corrected chi connectivity index (χ2v) is 21.8. The van der Waals surface area contributed by atoms with Gasteiger partial charge >= 0.3 is 8.48 Å². The highest BCUT2D eigenvalue weighted by Gasteiger charge is 2.70. The van der Waals surface area contributed by atoms with Gasteiger partial charge in [0.25, 0.3) is 0 Å². The Balaban J connectivity index is 1.59. The van der Waals surface area contributed by atoms with Gasteiger partial charge in [-0.1, -0.05) is 93.9 Å². The lowest BCUT2D eigenvalue weighted by Gasteiger charge is -2.44. The summed E-state index contributed by atoms with van der Waals surface area (Å²) in [5, 5.41) is 3.19. The van der Waals surface area contributed by atoms with Crippen molar-refractivity contribution in [1.29, 1.82) is 0 Å². The van der Waals surface area contributed by atoms with Crippen LogP contribution in [0.2, 0.25) is 0 Å². The molecule has 0 spiro atoms. The lowest BCUT2D eigenvalue weighted by molar-refractivity contribution is 0.390. The zero-order valence-corrected chi connectivity index (χ0v) is 33.9.